The molecule has 78 heavy (non-hydrogen) atoms. The van der Waals surface area contributed by atoms with Crippen molar-refractivity contribution in [3.8, 4) is 57.5 Å². The molecule has 0 atom stereocenters. The molecule has 0 aliphatic carbocycles. The number of pyridine rings is 2. The van der Waals surface area contributed by atoms with Crippen LogP contribution in [0.5, 0.6) is 57.5 Å². The van der Waals surface area contributed by atoms with Gasteiger partial charge in [-0.25, -0.2) is 0 Å². The lowest BCUT2D eigenvalue weighted by atomic mass is 9.84. The Morgan fingerprint density at radius 1 is 0.372 bits per heavy atom. The van der Waals surface area contributed by atoms with Crippen molar-refractivity contribution in [3.05, 3.63) is 202 Å². The Kier molecular flexibility index (Phi) is 9.91. The van der Waals surface area contributed by atoms with Crippen LogP contribution in [0.1, 0.15) is 11.1 Å². The van der Waals surface area contributed by atoms with Crippen LogP contribution in [-0.4, -0.2) is 43.2 Å². The molecule has 4 aromatic heterocycles. The molecule has 0 radical (unpaired) electrons. The van der Waals surface area contributed by atoms with Crippen LogP contribution in [0, 0.1) is 0 Å². The second-order valence-electron chi connectivity index (χ2n) is 19.3. The fourth-order valence-electron chi connectivity index (χ4n) is 11.5. The second-order valence-corrected chi connectivity index (χ2v) is 19.3. The van der Waals surface area contributed by atoms with Crippen molar-refractivity contribution < 1.29 is 38.6 Å². The Bertz CT molecular complexity index is 4700. The van der Waals surface area contributed by atoms with Gasteiger partial charge in [-0.3, -0.25) is 18.4 Å². The number of aromatic amines is 2. The molecule has 0 unspecified atom stereocenters. The van der Waals surface area contributed by atoms with Gasteiger partial charge < -0.3 is 48.6 Å². The van der Waals surface area contributed by atoms with Crippen LogP contribution in [0.4, 0.5) is 0 Å². The van der Waals surface area contributed by atoms with Gasteiger partial charge >= 0.3 is 0 Å². The lowest BCUT2D eigenvalue weighted by Gasteiger charge is -2.25. The topological polar surface area (TPSA) is 170 Å². The van der Waals surface area contributed by atoms with Crippen molar-refractivity contribution in [2.75, 3.05) is 14.2 Å². The first-order valence-corrected chi connectivity index (χ1v) is 25.2. The van der Waals surface area contributed by atoms with E-state index in [1.807, 2.05) is 60.7 Å². The van der Waals surface area contributed by atoms with E-state index >= 15 is 9.59 Å². The first kappa shape index (κ1) is 45.1. The molecule has 0 aliphatic heterocycles. The predicted octanol–water partition coefficient (Wildman–Crippen LogP) is 13.8. The summed E-state index contributed by atoms with van der Waals surface area (Å²) in [6.45, 7) is -0.328. The Balaban J connectivity index is 1.22. The summed E-state index contributed by atoms with van der Waals surface area (Å²) < 4.78 is 43.2. The van der Waals surface area contributed by atoms with Crippen molar-refractivity contribution in [2.24, 2.45) is 0 Å². The van der Waals surface area contributed by atoms with Gasteiger partial charge in [-0.2, -0.15) is 0 Å². The van der Waals surface area contributed by atoms with Gasteiger partial charge in [-0.1, -0.05) is 48.5 Å². The summed E-state index contributed by atoms with van der Waals surface area (Å²) in [7, 11) is 3.19. The zero-order valence-corrected chi connectivity index (χ0v) is 41.6. The number of aliphatic hydroxyl groups is 2. The molecule has 15 aromatic rings. The molecule has 11 aromatic carbocycles. The largest absolute Gasteiger partial charge is 0.497 e. The first-order valence-electron chi connectivity index (χ1n) is 25.2. The first-order chi connectivity index (χ1) is 38.3. The maximum atomic E-state index is 15.6. The van der Waals surface area contributed by atoms with Crippen molar-refractivity contribution in [3.63, 3.8) is 0 Å². The minimum Gasteiger partial charge on any atom is -0.497 e. The monoisotopic (exact) mass is 1030 g/mol. The van der Waals surface area contributed by atoms with E-state index in [0.29, 0.717) is 156 Å². The molecular formula is C64H42N4O10. The van der Waals surface area contributed by atoms with Crippen LogP contribution in [0.3, 0.4) is 0 Å². The lowest BCUT2D eigenvalue weighted by molar-refractivity contribution is 0.281. The van der Waals surface area contributed by atoms with E-state index < -0.39 is 0 Å². The van der Waals surface area contributed by atoms with Gasteiger partial charge in [0.1, 0.15) is 68.8 Å². The summed E-state index contributed by atoms with van der Waals surface area (Å²) >= 11 is 0. The van der Waals surface area contributed by atoms with Crippen LogP contribution < -0.4 is 39.5 Å². The minimum atomic E-state index is -0.291. The molecule has 14 nitrogen and oxygen atoms in total. The molecule has 15 rings (SSSR count). The van der Waals surface area contributed by atoms with E-state index in [-0.39, 0.29) is 24.3 Å². The molecule has 0 bridgehead atoms. The Morgan fingerprint density at radius 2 is 0.679 bits per heavy atom. The molecule has 378 valence electrons. The summed E-state index contributed by atoms with van der Waals surface area (Å²) in [5, 5.41) is 26.9. The number of methoxy groups -OCH3 is 2. The fraction of sp³-hybridized carbons (Fsp3) is 0.0625. The van der Waals surface area contributed by atoms with Gasteiger partial charge in [0.2, 0.25) is 0 Å². The zero-order valence-electron chi connectivity index (χ0n) is 41.6. The maximum absolute atomic E-state index is 15.6. The fourth-order valence-corrected chi connectivity index (χ4v) is 11.5. The number of aliphatic hydroxyl groups excluding tert-OH is 2. The number of para-hydroxylation sites is 4. The highest BCUT2D eigenvalue weighted by Crippen LogP contribution is 2.57. The highest BCUT2D eigenvalue weighted by atomic mass is 16.5. The molecule has 0 saturated carbocycles. The minimum absolute atomic E-state index is 0.164. The summed E-state index contributed by atoms with van der Waals surface area (Å²) in [5.74, 6) is 4.48. The van der Waals surface area contributed by atoms with Crippen molar-refractivity contribution in [2.45, 2.75) is 13.2 Å². The molecule has 0 amide bonds. The van der Waals surface area contributed by atoms with E-state index in [4.69, 9.17) is 28.4 Å². The van der Waals surface area contributed by atoms with Gasteiger partial charge in [0.25, 0.3) is 11.1 Å². The Labute approximate surface area is 440 Å². The number of rotatable bonds is 12. The molecule has 4 heterocycles. The van der Waals surface area contributed by atoms with Gasteiger partial charge in [0.15, 0.2) is 0 Å². The van der Waals surface area contributed by atoms with E-state index in [1.54, 1.807) is 132 Å². The summed E-state index contributed by atoms with van der Waals surface area (Å²) in [5.41, 5.74) is 4.74. The average Bonchev–Trinajstić information content (AvgIpc) is 4.10. The molecular weight excluding hydrogens is 985 g/mol. The molecule has 0 fully saturated rings. The highest BCUT2D eigenvalue weighted by molar-refractivity contribution is 6.44. The van der Waals surface area contributed by atoms with Crippen LogP contribution >= 0.6 is 0 Å². The van der Waals surface area contributed by atoms with E-state index in [1.165, 1.54) is 0 Å². The lowest BCUT2D eigenvalue weighted by Crippen LogP contribution is -2.15. The summed E-state index contributed by atoms with van der Waals surface area (Å²) in [6, 6.07) is 51.7. The van der Waals surface area contributed by atoms with Crippen LogP contribution in [0.15, 0.2) is 179 Å². The van der Waals surface area contributed by atoms with Crippen LogP contribution in [-0.2, 0) is 13.2 Å². The predicted molar refractivity (Wildman–Crippen MR) is 303 cm³/mol. The zero-order chi connectivity index (χ0) is 52.5. The van der Waals surface area contributed by atoms with Gasteiger partial charge in [0, 0.05) is 53.9 Å². The van der Waals surface area contributed by atoms with Gasteiger partial charge in [0.05, 0.1) is 60.3 Å². The standard InChI is InChI=1S/C64H42N4O10/c1-73-35-19-23-39(24-20-35)77-51-29-43-53-41(61-65-45-7-3-5-9-47(45)67(61)63(43)71)27-49(75-37-15-11-33(31-69)12-16-37)55-56-50(76-38-17-13-34(32-70)14-18-38)28-42-54-44(64(72)68-48-10-6-4-8-46(48)66-62(42)68)30-52(58(60(54)56)57(51)59(53)55)78-40-25-21-36(74-2)22-26-40/h3-30,65-66,69-70H,31-32H2,1-2H3. The van der Waals surface area contributed by atoms with Crippen molar-refractivity contribution in [1.29, 1.82) is 0 Å². The van der Waals surface area contributed by atoms with E-state index in [2.05, 4.69) is 9.97 Å². The number of aromatic nitrogens is 4. The molecule has 0 saturated heterocycles. The number of ether oxygens (including phenoxy) is 6. The van der Waals surface area contributed by atoms with Crippen LogP contribution in [0.2, 0.25) is 0 Å². The maximum Gasteiger partial charge on any atom is 0.264 e. The molecule has 14 heteroatoms. The van der Waals surface area contributed by atoms with Gasteiger partial charge in [-0.05, 0) is 132 Å². The normalized spacial score (nSPS) is 12.1. The number of benzene rings is 11. The van der Waals surface area contributed by atoms with Crippen molar-refractivity contribution in [1.82, 2.24) is 18.8 Å². The third-order valence-electron chi connectivity index (χ3n) is 15.0. The average molecular weight is 1030 g/mol. The van der Waals surface area contributed by atoms with E-state index in [9.17, 15) is 10.2 Å². The van der Waals surface area contributed by atoms with E-state index in [0.717, 1.165) is 11.0 Å². The third kappa shape index (κ3) is 6.63. The molecule has 4 N–H and O–H groups in total. The Morgan fingerprint density at radius 3 is 1.01 bits per heavy atom. The smallest absolute Gasteiger partial charge is 0.264 e. The number of fused-ring (bicyclic) bond motifs is 10. The second kappa shape index (κ2) is 17.1. The SMILES string of the molecule is COc1ccc(Oc2cc3c(=O)n4c5ccccc5[nH]c4c4cc(Oc5ccc(CO)cc5)c5c6c(Oc7ccc(CO)cc7)cc7c8c(cc(Oc9ccc(OC)cc9)c(c2c5c34)c68)c(=O)n2c3ccccc3[nH]c72)cc1. The third-order valence-corrected chi connectivity index (χ3v) is 15.0. The number of nitrogens with one attached hydrogen (secondary N) is 2. The molecule has 0 spiro atoms. The number of hydrogen-bond acceptors (Lipinski definition) is 10. The number of nitrogens with zero attached hydrogens (tertiary/aromatic N) is 2. The number of hydrogen-bond donors (Lipinski definition) is 4. The Hall–Kier alpha value is -10.3. The molecule has 0 aliphatic rings. The quantitative estimate of drug-likeness (QED) is 0.0682. The summed E-state index contributed by atoms with van der Waals surface area (Å²) in [6.07, 6.45) is 0. The highest BCUT2D eigenvalue weighted by Gasteiger charge is 2.32. The number of H-pyrrole nitrogens is 2. The van der Waals surface area contributed by atoms with Crippen LogP contribution in [0.25, 0.3) is 98.0 Å². The van der Waals surface area contributed by atoms with Gasteiger partial charge in [-0.15, -0.1) is 0 Å². The van der Waals surface area contributed by atoms with Crippen molar-refractivity contribution >= 4 is 98.0 Å². The number of imidazole rings is 2. The summed E-state index contributed by atoms with van der Waals surface area (Å²) in [4.78, 5) is 38.5.